The molecule has 1 aromatic rings. The van der Waals surface area contributed by atoms with Gasteiger partial charge in [-0.15, -0.1) is 0 Å². The van der Waals surface area contributed by atoms with Crippen LogP contribution in [0.15, 0.2) is 11.3 Å². The van der Waals surface area contributed by atoms with Crippen LogP contribution in [0.4, 0.5) is 5.82 Å². The summed E-state index contributed by atoms with van der Waals surface area (Å²) in [6.07, 6.45) is 1.49. The average Bonchev–Trinajstić information content (AvgIpc) is 2.36. The Hall–Kier alpha value is -1.52. The molecule has 1 aromatic heterocycles. The molecule has 0 bridgehead atoms. The Bertz CT molecular complexity index is 262. The number of hydrogen-bond donors (Lipinski definition) is 3. The summed E-state index contributed by atoms with van der Waals surface area (Å²) in [5, 5.41) is 0. The minimum Gasteiger partial charge on any atom is -0.382 e. The number of amidine groups is 1. The average molecular weight is 153 g/mol. The van der Waals surface area contributed by atoms with E-state index in [1.165, 1.54) is 6.33 Å². The van der Waals surface area contributed by atoms with Gasteiger partial charge < -0.3 is 16.5 Å². The fraction of sp³-hybridized carbons (Fsp3) is 0.333. The fourth-order valence-electron chi connectivity index (χ4n) is 0.759. The second-order valence-corrected chi connectivity index (χ2v) is 2.02. The Labute approximate surface area is 64.5 Å². The van der Waals surface area contributed by atoms with Crippen LogP contribution >= 0.6 is 0 Å². The number of aromatic nitrogens is 2. The van der Waals surface area contributed by atoms with Crippen molar-refractivity contribution in [3.05, 3.63) is 12.0 Å². The molecule has 0 aliphatic carbocycles. The van der Waals surface area contributed by atoms with Crippen LogP contribution in [0.25, 0.3) is 0 Å². The van der Waals surface area contributed by atoms with Gasteiger partial charge in [-0.2, -0.15) is 0 Å². The van der Waals surface area contributed by atoms with Crippen LogP contribution in [0, 0.1) is 0 Å². The lowest BCUT2D eigenvalue weighted by atomic mass is 10.4. The molecule has 1 heterocycles. The molecule has 0 aromatic carbocycles. The third kappa shape index (κ3) is 1.49. The number of nitrogen functional groups attached to an aromatic ring is 1. The van der Waals surface area contributed by atoms with Crippen molar-refractivity contribution in [3.8, 4) is 0 Å². The number of nitrogens with one attached hydrogen (secondary N) is 1. The maximum Gasteiger partial charge on any atom is 0.152 e. The van der Waals surface area contributed by atoms with Gasteiger partial charge in [-0.3, -0.25) is 4.99 Å². The molecule has 0 aliphatic rings. The van der Waals surface area contributed by atoms with Crippen LogP contribution in [-0.4, -0.2) is 22.3 Å². The van der Waals surface area contributed by atoms with Crippen molar-refractivity contribution in [1.29, 1.82) is 0 Å². The van der Waals surface area contributed by atoms with E-state index < -0.39 is 0 Å². The molecule has 0 fully saturated rings. The molecule has 5 nitrogen and oxygen atoms in total. The number of H-pyrrole nitrogens is 1. The molecule has 0 saturated heterocycles. The number of anilines is 1. The zero-order valence-corrected chi connectivity index (χ0v) is 6.33. The summed E-state index contributed by atoms with van der Waals surface area (Å²) in [6.45, 7) is 2.55. The van der Waals surface area contributed by atoms with Crippen molar-refractivity contribution >= 4 is 11.7 Å². The highest BCUT2D eigenvalue weighted by Crippen LogP contribution is 2.02. The van der Waals surface area contributed by atoms with E-state index in [-0.39, 0.29) is 0 Å². The highest BCUT2D eigenvalue weighted by Gasteiger charge is 2.03. The standard InChI is InChI=1S/C6H11N5/c1-2-9-5(7)4-6(8)11-3-10-4/h3H,2,8H2,1H3,(H2,7,9)(H,10,11). The first-order chi connectivity index (χ1) is 5.25. The summed E-state index contributed by atoms with van der Waals surface area (Å²) in [4.78, 5) is 10.6. The van der Waals surface area contributed by atoms with Crippen LogP contribution in [0.1, 0.15) is 12.6 Å². The van der Waals surface area contributed by atoms with Gasteiger partial charge in [0.15, 0.2) is 5.82 Å². The Morgan fingerprint density at radius 1 is 1.82 bits per heavy atom. The second-order valence-electron chi connectivity index (χ2n) is 2.02. The van der Waals surface area contributed by atoms with Gasteiger partial charge in [-0.25, -0.2) is 4.98 Å². The first-order valence-corrected chi connectivity index (χ1v) is 3.34. The van der Waals surface area contributed by atoms with E-state index in [2.05, 4.69) is 15.0 Å². The SMILES string of the molecule is CCN=C(N)c1[nH]cnc1N. The van der Waals surface area contributed by atoms with Gasteiger partial charge in [0.2, 0.25) is 0 Å². The van der Waals surface area contributed by atoms with Crippen molar-refractivity contribution < 1.29 is 0 Å². The van der Waals surface area contributed by atoms with Crippen LogP contribution in [0.5, 0.6) is 0 Å². The van der Waals surface area contributed by atoms with Gasteiger partial charge in [-0.05, 0) is 6.92 Å². The lowest BCUT2D eigenvalue weighted by molar-refractivity contribution is 1.12. The summed E-state index contributed by atoms with van der Waals surface area (Å²) in [6, 6.07) is 0. The maximum absolute atomic E-state index is 5.55. The molecule has 11 heavy (non-hydrogen) atoms. The normalized spacial score (nSPS) is 11.9. The van der Waals surface area contributed by atoms with E-state index in [1.807, 2.05) is 6.92 Å². The minimum atomic E-state index is 0.389. The van der Waals surface area contributed by atoms with Crippen molar-refractivity contribution in [2.75, 3.05) is 12.3 Å². The lowest BCUT2D eigenvalue weighted by Crippen LogP contribution is -2.16. The summed E-state index contributed by atoms with van der Waals surface area (Å²) in [5.74, 6) is 0.794. The van der Waals surface area contributed by atoms with Crippen LogP contribution in [0.2, 0.25) is 0 Å². The second kappa shape index (κ2) is 3.05. The zero-order valence-electron chi connectivity index (χ0n) is 6.33. The topological polar surface area (TPSA) is 93.1 Å². The molecular weight excluding hydrogens is 142 g/mol. The van der Waals surface area contributed by atoms with Gasteiger partial charge in [0, 0.05) is 6.54 Å². The Kier molecular flexibility index (Phi) is 2.10. The highest BCUT2D eigenvalue weighted by molar-refractivity contribution is 5.99. The van der Waals surface area contributed by atoms with Gasteiger partial charge in [0.1, 0.15) is 11.5 Å². The van der Waals surface area contributed by atoms with Gasteiger partial charge in [0.25, 0.3) is 0 Å². The summed E-state index contributed by atoms with van der Waals surface area (Å²) >= 11 is 0. The number of nitrogens with zero attached hydrogens (tertiary/aromatic N) is 2. The van der Waals surface area contributed by atoms with Crippen LogP contribution in [0.3, 0.4) is 0 Å². The predicted octanol–water partition coefficient (Wildman–Crippen LogP) is -0.283. The van der Waals surface area contributed by atoms with E-state index in [1.54, 1.807) is 0 Å². The molecule has 60 valence electrons. The number of imidazole rings is 1. The molecule has 0 saturated carbocycles. The van der Waals surface area contributed by atoms with Crippen LogP contribution < -0.4 is 11.5 Å². The van der Waals surface area contributed by atoms with Crippen molar-refractivity contribution in [1.82, 2.24) is 9.97 Å². The molecule has 0 spiro atoms. The highest BCUT2D eigenvalue weighted by atomic mass is 15.0. The van der Waals surface area contributed by atoms with E-state index in [0.29, 0.717) is 23.9 Å². The summed E-state index contributed by atoms with van der Waals surface area (Å²) in [5.41, 5.74) is 11.6. The molecule has 0 aliphatic heterocycles. The van der Waals surface area contributed by atoms with Crippen molar-refractivity contribution in [2.24, 2.45) is 10.7 Å². The van der Waals surface area contributed by atoms with Crippen molar-refractivity contribution in [3.63, 3.8) is 0 Å². The Balaban J connectivity index is 2.92. The Morgan fingerprint density at radius 2 is 2.55 bits per heavy atom. The number of aromatic amines is 1. The first kappa shape index (κ1) is 7.59. The minimum absolute atomic E-state index is 0.389. The first-order valence-electron chi connectivity index (χ1n) is 3.34. The molecule has 0 amide bonds. The van der Waals surface area contributed by atoms with E-state index in [0.717, 1.165) is 0 Å². The number of aliphatic imine (C=N–C) groups is 1. The van der Waals surface area contributed by atoms with Crippen molar-refractivity contribution in [2.45, 2.75) is 6.92 Å². The van der Waals surface area contributed by atoms with E-state index >= 15 is 0 Å². The fourth-order valence-corrected chi connectivity index (χ4v) is 0.759. The molecule has 5 heteroatoms. The lowest BCUT2D eigenvalue weighted by Gasteiger charge is -1.95. The quantitative estimate of drug-likeness (QED) is 0.403. The van der Waals surface area contributed by atoms with Crippen LogP contribution in [-0.2, 0) is 0 Å². The predicted molar refractivity (Wildman–Crippen MR) is 44.3 cm³/mol. The monoisotopic (exact) mass is 153 g/mol. The number of nitrogens with two attached hydrogens (primary N) is 2. The third-order valence-electron chi connectivity index (χ3n) is 1.25. The molecule has 0 unspecified atom stereocenters. The molecule has 0 radical (unpaired) electrons. The van der Waals surface area contributed by atoms with Gasteiger partial charge in [0.05, 0.1) is 6.33 Å². The summed E-state index contributed by atoms with van der Waals surface area (Å²) < 4.78 is 0. The molecule has 0 atom stereocenters. The van der Waals surface area contributed by atoms with Gasteiger partial charge in [-0.1, -0.05) is 0 Å². The van der Waals surface area contributed by atoms with E-state index in [9.17, 15) is 0 Å². The number of hydrogen-bond acceptors (Lipinski definition) is 3. The Morgan fingerprint density at radius 3 is 3.00 bits per heavy atom. The summed E-state index contributed by atoms with van der Waals surface area (Å²) in [7, 11) is 0. The third-order valence-corrected chi connectivity index (χ3v) is 1.25. The maximum atomic E-state index is 5.55. The zero-order chi connectivity index (χ0) is 8.27. The molecule has 1 rings (SSSR count). The van der Waals surface area contributed by atoms with Gasteiger partial charge >= 0.3 is 0 Å². The largest absolute Gasteiger partial charge is 0.382 e. The number of rotatable bonds is 2. The molecular formula is C6H11N5. The van der Waals surface area contributed by atoms with E-state index in [4.69, 9.17) is 11.5 Å². The molecule has 5 N–H and O–H groups in total. The smallest absolute Gasteiger partial charge is 0.152 e.